The normalized spacial score (nSPS) is 20.6. The van der Waals surface area contributed by atoms with Gasteiger partial charge in [-0.05, 0) is 113 Å². The van der Waals surface area contributed by atoms with Crippen molar-refractivity contribution in [2.45, 2.75) is 125 Å². The summed E-state index contributed by atoms with van der Waals surface area (Å²) in [7, 11) is -5.05. The lowest BCUT2D eigenvalue weighted by Gasteiger charge is -2.48. The number of hydrogen-bond acceptors (Lipinski definition) is 5. The smallest absolute Gasteiger partial charge is 0.311 e. The monoisotopic (exact) mass is 692 g/mol. The van der Waals surface area contributed by atoms with Gasteiger partial charge in [-0.1, -0.05) is 101 Å². The first-order chi connectivity index (χ1) is 22.2. The molecule has 0 bridgehead atoms. The molecule has 0 unspecified atom stereocenters. The van der Waals surface area contributed by atoms with E-state index in [0.717, 1.165) is 24.8 Å². The summed E-state index contributed by atoms with van der Waals surface area (Å²) in [5, 5.41) is 2.55. The van der Waals surface area contributed by atoms with E-state index in [4.69, 9.17) is 13.6 Å². The Hall–Kier alpha value is -2.23. The third kappa shape index (κ3) is 9.11. The Labute approximate surface area is 294 Å². The topological polar surface area (TPSA) is 61.8 Å². The fourth-order valence-electron chi connectivity index (χ4n) is 8.08. The predicted octanol–water partition coefficient (Wildman–Crippen LogP) is 9.15. The summed E-state index contributed by atoms with van der Waals surface area (Å²) in [4.78, 5) is 26.1. The lowest BCUT2D eigenvalue weighted by Crippen LogP contribution is -2.70. The lowest BCUT2D eigenvalue weighted by molar-refractivity contribution is -0.164. The maximum Gasteiger partial charge on any atom is 0.311 e. The van der Waals surface area contributed by atoms with Gasteiger partial charge in [-0.3, -0.25) is 9.59 Å². The van der Waals surface area contributed by atoms with Crippen molar-refractivity contribution in [1.29, 1.82) is 0 Å². The summed E-state index contributed by atoms with van der Waals surface area (Å²) in [6, 6.07) is 23.0. The summed E-state index contributed by atoms with van der Waals surface area (Å²) < 4.78 is 20.0. The summed E-state index contributed by atoms with van der Waals surface area (Å²) in [5.41, 5.74) is -1.58. The van der Waals surface area contributed by atoms with Gasteiger partial charge in [0.15, 0.2) is 8.32 Å². The maximum absolute atomic E-state index is 13.1. The second-order valence-corrected chi connectivity index (χ2v) is 27.6. The van der Waals surface area contributed by atoms with E-state index >= 15 is 0 Å². The number of esters is 2. The minimum Gasteiger partial charge on any atom is -0.465 e. The number of ether oxygens (including phenoxy) is 2. The van der Waals surface area contributed by atoms with Gasteiger partial charge in [0.1, 0.15) is 13.2 Å². The summed E-state index contributed by atoms with van der Waals surface area (Å²) >= 11 is 0. The molecule has 0 heterocycles. The van der Waals surface area contributed by atoms with Crippen molar-refractivity contribution in [2.75, 3.05) is 13.2 Å². The van der Waals surface area contributed by atoms with Crippen LogP contribution in [0.25, 0.3) is 0 Å². The molecule has 0 spiro atoms. The Kier molecular flexibility index (Phi) is 11.7. The third-order valence-corrected chi connectivity index (χ3v) is 20.1. The van der Waals surface area contributed by atoms with Gasteiger partial charge in [-0.25, -0.2) is 0 Å². The van der Waals surface area contributed by atoms with E-state index < -0.39 is 32.9 Å². The van der Waals surface area contributed by atoms with Crippen LogP contribution in [0.1, 0.15) is 101 Å². The highest BCUT2D eigenvalue weighted by Gasteiger charge is 2.55. The molecule has 4 rings (SSSR count). The van der Waals surface area contributed by atoms with Gasteiger partial charge in [0.25, 0.3) is 8.32 Å². The van der Waals surface area contributed by atoms with Crippen LogP contribution in [0.15, 0.2) is 60.7 Å². The zero-order chi connectivity index (χ0) is 35.6. The van der Waals surface area contributed by atoms with Crippen molar-refractivity contribution < 1.29 is 23.2 Å². The Balaban J connectivity index is 1.70. The predicted molar refractivity (Wildman–Crippen MR) is 202 cm³/mol. The molecule has 2 aliphatic rings. The van der Waals surface area contributed by atoms with Gasteiger partial charge >= 0.3 is 11.9 Å². The van der Waals surface area contributed by atoms with Crippen LogP contribution in [0.4, 0.5) is 0 Å². The van der Waals surface area contributed by atoms with Gasteiger partial charge in [0.05, 0.1) is 10.8 Å². The molecule has 0 amide bonds. The molecule has 5 nitrogen and oxygen atoms in total. The van der Waals surface area contributed by atoms with Crippen molar-refractivity contribution >= 4 is 38.9 Å². The van der Waals surface area contributed by atoms with Crippen molar-refractivity contribution in [1.82, 2.24) is 0 Å². The summed E-state index contributed by atoms with van der Waals surface area (Å²) in [6.45, 7) is 23.9. The first-order valence-electron chi connectivity index (χ1n) is 18.3. The summed E-state index contributed by atoms with van der Waals surface area (Å²) in [5.74, 6) is 1.24. The summed E-state index contributed by atoms with van der Waals surface area (Å²) in [6.07, 6.45) is 6.89. The number of carbonyl (C=O) groups excluding carboxylic acids is 2. The van der Waals surface area contributed by atoms with E-state index in [-0.39, 0.29) is 30.2 Å². The average molecular weight is 693 g/mol. The Morgan fingerprint density at radius 2 is 1.15 bits per heavy atom. The molecule has 2 aliphatic carbocycles. The highest BCUT2D eigenvalue weighted by Crippen LogP contribution is 2.53. The molecule has 2 aromatic rings. The lowest BCUT2D eigenvalue weighted by atomic mass is 9.76. The largest absolute Gasteiger partial charge is 0.465 e. The second-order valence-electron chi connectivity index (χ2n) is 18.8. The minimum atomic E-state index is -2.72. The Morgan fingerprint density at radius 3 is 1.52 bits per heavy atom. The van der Waals surface area contributed by atoms with Gasteiger partial charge < -0.3 is 13.6 Å². The molecule has 7 heteroatoms. The molecule has 2 aromatic carbocycles. The standard InChI is InChI=1S/C41H64O5Si2/c1-38(2,3)36(42)44-29-41(30-45-37(43)39(4,5)6)26-32(25-31-19-18-20-31)33(27-41)28-47(10,11)46-48(40(7,8)9,34-21-14-12-15-22-34)35-23-16-13-17-24-35/h12-17,21-24,31-33H,18-20,25-30H2,1-11H3/t32-,33+/m1/s1. The number of benzene rings is 2. The Bertz CT molecular complexity index is 1290. The van der Waals surface area contributed by atoms with Crippen LogP contribution in [0.2, 0.25) is 24.2 Å². The van der Waals surface area contributed by atoms with E-state index in [2.05, 4.69) is 94.5 Å². The number of rotatable bonds is 12. The van der Waals surface area contributed by atoms with Gasteiger partial charge in [0.2, 0.25) is 0 Å². The van der Waals surface area contributed by atoms with Gasteiger partial charge in [0, 0.05) is 5.41 Å². The molecular formula is C41H64O5Si2. The van der Waals surface area contributed by atoms with Gasteiger partial charge in [-0.2, -0.15) is 0 Å². The average Bonchev–Trinajstić information content (AvgIpc) is 3.30. The van der Waals surface area contributed by atoms with E-state index in [1.54, 1.807) is 0 Å². The highest BCUT2D eigenvalue weighted by molar-refractivity contribution is 7.04. The van der Waals surface area contributed by atoms with Crippen LogP contribution < -0.4 is 10.4 Å². The molecule has 48 heavy (non-hydrogen) atoms. The van der Waals surface area contributed by atoms with Gasteiger partial charge in [-0.15, -0.1) is 0 Å². The third-order valence-electron chi connectivity index (χ3n) is 10.8. The molecule has 2 saturated carbocycles. The molecule has 266 valence electrons. The van der Waals surface area contributed by atoms with Crippen molar-refractivity contribution in [3.8, 4) is 0 Å². The van der Waals surface area contributed by atoms with Crippen molar-refractivity contribution in [3.63, 3.8) is 0 Å². The fourth-order valence-corrected chi connectivity index (χ4v) is 19.0. The molecule has 0 N–H and O–H groups in total. The van der Waals surface area contributed by atoms with Crippen LogP contribution in [-0.2, 0) is 23.2 Å². The first kappa shape index (κ1) is 38.6. The molecule has 0 aliphatic heterocycles. The first-order valence-corrected chi connectivity index (χ1v) is 23.4. The van der Waals surface area contributed by atoms with E-state index in [1.165, 1.54) is 36.1 Å². The van der Waals surface area contributed by atoms with Crippen LogP contribution in [0.5, 0.6) is 0 Å². The molecule has 2 fully saturated rings. The quantitative estimate of drug-likeness (QED) is 0.164. The molecule has 2 atom stereocenters. The van der Waals surface area contributed by atoms with Crippen LogP contribution in [0.3, 0.4) is 0 Å². The van der Waals surface area contributed by atoms with E-state index in [9.17, 15) is 9.59 Å². The Morgan fingerprint density at radius 1 is 0.708 bits per heavy atom. The zero-order valence-corrected chi connectivity index (χ0v) is 33.9. The highest BCUT2D eigenvalue weighted by atomic mass is 28.4. The maximum atomic E-state index is 13.1. The molecular weight excluding hydrogens is 629 g/mol. The SMILES string of the molecule is CC(C)(C)C(=O)OCC1(COC(=O)C(C)(C)C)C[C@@H](CC2CCC2)[C@H](C[Si](C)(C)O[Si](c2ccccc2)(c2ccccc2)C(C)(C)C)C1. The van der Waals surface area contributed by atoms with Crippen molar-refractivity contribution in [2.24, 2.45) is 34.0 Å². The molecule has 0 aromatic heterocycles. The zero-order valence-electron chi connectivity index (χ0n) is 31.9. The number of hydrogen-bond donors (Lipinski definition) is 0. The fraction of sp³-hybridized carbons (Fsp3) is 0.659. The van der Waals surface area contributed by atoms with E-state index in [0.29, 0.717) is 11.8 Å². The van der Waals surface area contributed by atoms with E-state index in [1.807, 2.05) is 41.5 Å². The number of carbonyl (C=O) groups is 2. The second kappa shape index (κ2) is 14.6. The van der Waals surface area contributed by atoms with Crippen LogP contribution in [-0.4, -0.2) is 41.8 Å². The molecule has 0 saturated heterocycles. The molecule has 0 radical (unpaired) electrons. The minimum absolute atomic E-state index is 0.0902. The van der Waals surface area contributed by atoms with Crippen LogP contribution in [0, 0.1) is 34.0 Å². The van der Waals surface area contributed by atoms with Crippen LogP contribution >= 0.6 is 0 Å². The van der Waals surface area contributed by atoms with Crippen molar-refractivity contribution in [3.05, 3.63) is 60.7 Å².